The summed E-state index contributed by atoms with van der Waals surface area (Å²) in [7, 11) is 0. The predicted molar refractivity (Wildman–Crippen MR) is 210 cm³/mol. The highest BCUT2D eigenvalue weighted by Gasteiger charge is 2.25. The van der Waals surface area contributed by atoms with Gasteiger partial charge in [-0.25, -0.2) is 0 Å². The average Bonchev–Trinajstić information content (AvgIpc) is 3.17. The Hall–Kier alpha value is -5.20. The maximum atomic E-state index is 2.52. The summed E-state index contributed by atoms with van der Waals surface area (Å²) in [5, 5.41) is 5.26. The molecule has 5 aromatic carbocycles. The van der Waals surface area contributed by atoms with Gasteiger partial charge in [0.25, 0.3) is 0 Å². The highest BCUT2D eigenvalue weighted by Crippen LogP contribution is 2.47. The molecule has 0 saturated carbocycles. The average molecular weight is 631 g/mol. The third-order valence-corrected chi connectivity index (χ3v) is 11.3. The van der Waals surface area contributed by atoms with Crippen LogP contribution >= 0.6 is 0 Å². The summed E-state index contributed by atoms with van der Waals surface area (Å²) < 4.78 is 0. The Morgan fingerprint density at radius 1 is 0.612 bits per heavy atom. The van der Waals surface area contributed by atoms with Crippen molar-refractivity contribution in [1.82, 2.24) is 0 Å². The molecule has 0 amide bonds. The lowest BCUT2D eigenvalue weighted by Crippen LogP contribution is -2.13. The summed E-state index contributed by atoms with van der Waals surface area (Å²) in [4.78, 5) is 0. The lowest BCUT2D eigenvalue weighted by Gasteiger charge is -2.28. The molecule has 0 heterocycles. The van der Waals surface area contributed by atoms with E-state index in [0.717, 1.165) is 25.7 Å². The molecule has 49 heavy (non-hydrogen) atoms. The molecule has 0 saturated heterocycles. The molecule has 4 atom stereocenters. The van der Waals surface area contributed by atoms with E-state index in [-0.39, 0.29) is 0 Å². The standard InChI is InChI=1S/C49H42/c1-33-30-37-16-5-6-17-38(37)32-47(33)39-18-13-19-40(31-39)48-43-22-9-11-24-45(43)49(46-25-12-10-23-44(46)48)42-21-8-7-20-41(42)36-28-26-35(27-29-36)34-14-3-2-4-15-34/h2-4,6-14,17-28,30-34,36,47H,5,15-16,29H2,1H3/t33?,34?,36-,47?/m0/s1. The highest BCUT2D eigenvalue weighted by molar-refractivity contribution is 6.21. The van der Waals surface area contributed by atoms with Gasteiger partial charge >= 0.3 is 0 Å². The van der Waals surface area contributed by atoms with Crippen molar-refractivity contribution in [2.45, 2.75) is 44.4 Å². The van der Waals surface area contributed by atoms with E-state index in [9.17, 15) is 0 Å². The SMILES string of the molecule is CC1C=C2CCC=CC2=CC1c1cccc(-c2c3ccccc3c(-c3ccccc3[C@H]3C=CC(C4C=CC=CC4)=CC3)c3ccccc23)c1. The summed E-state index contributed by atoms with van der Waals surface area (Å²) in [5.41, 5.74) is 12.5. The van der Waals surface area contributed by atoms with Crippen LogP contribution < -0.4 is 0 Å². The third kappa shape index (κ3) is 5.41. The molecule has 0 aromatic heterocycles. The summed E-state index contributed by atoms with van der Waals surface area (Å²) >= 11 is 0. The van der Waals surface area contributed by atoms with Gasteiger partial charge in [0.1, 0.15) is 0 Å². The number of hydrogen-bond acceptors (Lipinski definition) is 0. The molecule has 5 aromatic rings. The molecular formula is C49H42. The lowest BCUT2D eigenvalue weighted by atomic mass is 9.76. The zero-order valence-corrected chi connectivity index (χ0v) is 28.2. The minimum atomic E-state index is 0.345. The topological polar surface area (TPSA) is 0 Å². The normalized spacial score (nSPS) is 22.9. The van der Waals surface area contributed by atoms with Crippen molar-refractivity contribution >= 4 is 21.5 Å². The molecule has 0 aliphatic heterocycles. The van der Waals surface area contributed by atoms with Crippen LogP contribution in [0.1, 0.15) is 55.6 Å². The number of benzene rings is 5. The predicted octanol–water partition coefficient (Wildman–Crippen LogP) is 13.4. The summed E-state index contributed by atoms with van der Waals surface area (Å²) in [6.07, 6.45) is 30.4. The van der Waals surface area contributed by atoms with E-state index in [1.807, 2.05) is 0 Å². The minimum absolute atomic E-state index is 0.345. The second-order valence-corrected chi connectivity index (χ2v) is 14.3. The van der Waals surface area contributed by atoms with Crippen molar-refractivity contribution in [3.63, 3.8) is 0 Å². The first-order valence-corrected chi connectivity index (χ1v) is 18.2. The Balaban J connectivity index is 1.17. The zero-order chi connectivity index (χ0) is 32.7. The van der Waals surface area contributed by atoms with E-state index in [1.165, 1.54) is 71.6 Å². The maximum Gasteiger partial charge on any atom is 0.00876 e. The van der Waals surface area contributed by atoms with E-state index in [4.69, 9.17) is 0 Å². The van der Waals surface area contributed by atoms with Crippen LogP contribution in [-0.4, -0.2) is 0 Å². The van der Waals surface area contributed by atoms with Crippen LogP contribution in [0.5, 0.6) is 0 Å². The Labute approximate surface area is 290 Å². The quantitative estimate of drug-likeness (QED) is 0.170. The second kappa shape index (κ2) is 12.7. The summed E-state index contributed by atoms with van der Waals surface area (Å²) in [6.45, 7) is 2.38. The Morgan fingerprint density at radius 3 is 2.10 bits per heavy atom. The Kier molecular flexibility index (Phi) is 7.74. The summed E-state index contributed by atoms with van der Waals surface area (Å²) in [6, 6.07) is 36.7. The zero-order valence-electron chi connectivity index (χ0n) is 28.2. The molecule has 0 spiro atoms. The van der Waals surface area contributed by atoms with Gasteiger partial charge in [-0.1, -0.05) is 171 Å². The van der Waals surface area contributed by atoms with Gasteiger partial charge in [0.05, 0.1) is 0 Å². The highest BCUT2D eigenvalue weighted by atomic mass is 14.3. The molecule has 0 bridgehead atoms. The first-order chi connectivity index (χ1) is 24.2. The second-order valence-electron chi connectivity index (χ2n) is 14.3. The first kappa shape index (κ1) is 29.9. The molecule has 4 aliphatic carbocycles. The molecular weight excluding hydrogens is 589 g/mol. The van der Waals surface area contributed by atoms with Gasteiger partial charge in [-0.05, 0) is 103 Å². The summed E-state index contributed by atoms with van der Waals surface area (Å²) in [5.74, 6) is 1.68. The molecule has 0 heteroatoms. The van der Waals surface area contributed by atoms with Gasteiger partial charge in [0.2, 0.25) is 0 Å². The maximum absolute atomic E-state index is 2.52. The number of hydrogen-bond donors (Lipinski definition) is 0. The van der Waals surface area contributed by atoms with Gasteiger partial charge in [0.15, 0.2) is 0 Å². The third-order valence-electron chi connectivity index (χ3n) is 11.3. The van der Waals surface area contributed by atoms with Crippen LogP contribution in [-0.2, 0) is 0 Å². The fraction of sp³-hybridized carbons (Fsp3) is 0.184. The van der Waals surface area contributed by atoms with Gasteiger partial charge < -0.3 is 0 Å². The number of fused-ring (bicyclic) bond motifs is 3. The van der Waals surface area contributed by atoms with Gasteiger partial charge in [-0.2, -0.15) is 0 Å². The monoisotopic (exact) mass is 630 g/mol. The van der Waals surface area contributed by atoms with Crippen LogP contribution in [0, 0.1) is 11.8 Å². The molecule has 3 unspecified atom stereocenters. The van der Waals surface area contributed by atoms with Crippen molar-refractivity contribution in [3.05, 3.63) is 192 Å². The van der Waals surface area contributed by atoms with E-state index >= 15 is 0 Å². The molecule has 0 fully saturated rings. The Morgan fingerprint density at radius 2 is 1.37 bits per heavy atom. The first-order valence-electron chi connectivity index (χ1n) is 18.2. The molecule has 0 nitrogen and oxygen atoms in total. The Bertz CT molecular complexity index is 2250. The van der Waals surface area contributed by atoms with Crippen LogP contribution in [0.4, 0.5) is 0 Å². The van der Waals surface area contributed by atoms with E-state index in [0.29, 0.717) is 23.7 Å². The van der Waals surface area contributed by atoms with E-state index in [2.05, 4.69) is 171 Å². The van der Waals surface area contributed by atoms with Crippen molar-refractivity contribution in [2.24, 2.45) is 11.8 Å². The van der Waals surface area contributed by atoms with Crippen molar-refractivity contribution < 1.29 is 0 Å². The van der Waals surface area contributed by atoms with Gasteiger partial charge in [-0.3, -0.25) is 0 Å². The largest absolute Gasteiger partial charge is 0.0836 e. The fourth-order valence-corrected chi connectivity index (χ4v) is 8.86. The van der Waals surface area contributed by atoms with E-state index < -0.39 is 0 Å². The van der Waals surface area contributed by atoms with Crippen LogP contribution in [0.3, 0.4) is 0 Å². The fourth-order valence-electron chi connectivity index (χ4n) is 8.86. The number of rotatable bonds is 5. The van der Waals surface area contributed by atoms with Gasteiger partial charge in [-0.15, -0.1) is 0 Å². The molecule has 0 N–H and O–H groups in total. The van der Waals surface area contributed by atoms with Crippen LogP contribution in [0.2, 0.25) is 0 Å². The van der Waals surface area contributed by atoms with Crippen LogP contribution in [0.15, 0.2) is 181 Å². The molecule has 4 aliphatic rings. The number of allylic oxidation sites excluding steroid dienone is 14. The molecule has 0 radical (unpaired) electrons. The minimum Gasteiger partial charge on any atom is -0.0836 e. The molecule has 238 valence electrons. The smallest absolute Gasteiger partial charge is 0.00876 e. The van der Waals surface area contributed by atoms with Crippen molar-refractivity contribution in [1.29, 1.82) is 0 Å². The van der Waals surface area contributed by atoms with E-state index in [1.54, 1.807) is 0 Å². The van der Waals surface area contributed by atoms with Crippen molar-refractivity contribution in [2.75, 3.05) is 0 Å². The van der Waals surface area contributed by atoms with Crippen molar-refractivity contribution in [3.8, 4) is 22.3 Å². The van der Waals surface area contributed by atoms with Gasteiger partial charge in [0, 0.05) is 17.8 Å². The lowest BCUT2D eigenvalue weighted by molar-refractivity contribution is 0.620. The van der Waals surface area contributed by atoms with Crippen LogP contribution in [0.25, 0.3) is 43.8 Å². The molecule has 9 rings (SSSR count).